The Labute approximate surface area is 145 Å². The highest BCUT2D eigenvalue weighted by atomic mass is 32.2. The van der Waals surface area contributed by atoms with Gasteiger partial charge in [-0.05, 0) is 24.7 Å². The Kier molecular flexibility index (Phi) is 10.6. The standard InChI is InChI=1S/C18H31N3OS/c1-5-19-18(21-12-16(3)23-4)20-11-15(2)13-22-14-17-9-7-6-8-10-17/h6-10,15-16H,5,11-14H2,1-4H3,(H2,19,20,21). The molecule has 4 nitrogen and oxygen atoms in total. The largest absolute Gasteiger partial charge is 0.376 e. The highest BCUT2D eigenvalue weighted by molar-refractivity contribution is 7.99. The number of rotatable bonds is 10. The predicted molar refractivity (Wildman–Crippen MR) is 102 cm³/mol. The minimum atomic E-state index is 0.396. The molecule has 0 amide bonds. The summed E-state index contributed by atoms with van der Waals surface area (Å²) >= 11 is 1.85. The molecule has 5 heteroatoms. The van der Waals surface area contributed by atoms with Crippen LogP contribution in [-0.4, -0.2) is 43.7 Å². The zero-order valence-corrected chi connectivity index (χ0v) is 15.7. The van der Waals surface area contributed by atoms with Crippen molar-refractivity contribution in [2.24, 2.45) is 10.9 Å². The van der Waals surface area contributed by atoms with Gasteiger partial charge < -0.3 is 15.4 Å². The van der Waals surface area contributed by atoms with E-state index in [1.165, 1.54) is 5.56 Å². The lowest BCUT2D eigenvalue weighted by atomic mass is 10.2. The van der Waals surface area contributed by atoms with Gasteiger partial charge >= 0.3 is 0 Å². The van der Waals surface area contributed by atoms with E-state index in [1.807, 2.05) is 30.0 Å². The summed E-state index contributed by atoms with van der Waals surface area (Å²) in [5.74, 6) is 1.29. The molecule has 1 aromatic carbocycles. The van der Waals surface area contributed by atoms with E-state index < -0.39 is 0 Å². The fourth-order valence-electron chi connectivity index (χ4n) is 1.92. The second-order valence-corrected chi connectivity index (χ2v) is 7.03. The molecule has 0 aromatic heterocycles. The first-order valence-corrected chi connectivity index (χ1v) is 9.61. The van der Waals surface area contributed by atoms with E-state index in [2.05, 4.69) is 54.8 Å². The van der Waals surface area contributed by atoms with Crippen molar-refractivity contribution >= 4 is 17.7 Å². The van der Waals surface area contributed by atoms with Crippen molar-refractivity contribution in [3.8, 4) is 0 Å². The fraction of sp³-hybridized carbons (Fsp3) is 0.611. The third-order valence-electron chi connectivity index (χ3n) is 3.38. The van der Waals surface area contributed by atoms with Gasteiger partial charge in [0.2, 0.25) is 0 Å². The average molecular weight is 338 g/mol. The summed E-state index contributed by atoms with van der Waals surface area (Å²) in [6.45, 7) is 10.4. The molecule has 0 aliphatic rings. The number of benzene rings is 1. The zero-order valence-electron chi connectivity index (χ0n) is 14.8. The number of guanidine groups is 1. The van der Waals surface area contributed by atoms with Crippen molar-refractivity contribution in [3.05, 3.63) is 35.9 Å². The summed E-state index contributed by atoms with van der Waals surface area (Å²) in [5.41, 5.74) is 1.21. The number of nitrogens with one attached hydrogen (secondary N) is 2. The van der Waals surface area contributed by atoms with Crippen LogP contribution in [-0.2, 0) is 11.3 Å². The van der Waals surface area contributed by atoms with Crippen LogP contribution in [0, 0.1) is 5.92 Å². The van der Waals surface area contributed by atoms with Crippen molar-refractivity contribution in [1.82, 2.24) is 10.6 Å². The second kappa shape index (κ2) is 12.3. The number of hydrogen-bond acceptors (Lipinski definition) is 3. The molecule has 0 saturated carbocycles. The van der Waals surface area contributed by atoms with Crippen molar-refractivity contribution in [2.45, 2.75) is 32.6 Å². The van der Waals surface area contributed by atoms with E-state index in [9.17, 15) is 0 Å². The van der Waals surface area contributed by atoms with Crippen molar-refractivity contribution in [2.75, 3.05) is 32.5 Å². The molecular formula is C18H31N3OS. The molecule has 0 heterocycles. The molecule has 1 rings (SSSR count). The summed E-state index contributed by atoms with van der Waals surface area (Å²) in [6.07, 6.45) is 2.13. The van der Waals surface area contributed by atoms with Gasteiger partial charge in [-0.1, -0.05) is 44.2 Å². The third kappa shape index (κ3) is 9.51. The van der Waals surface area contributed by atoms with E-state index in [0.29, 0.717) is 17.8 Å². The van der Waals surface area contributed by atoms with Gasteiger partial charge in [0.15, 0.2) is 5.96 Å². The minimum absolute atomic E-state index is 0.396. The Morgan fingerprint density at radius 3 is 2.61 bits per heavy atom. The Bertz CT molecular complexity index is 439. The first kappa shape index (κ1) is 19.8. The summed E-state index contributed by atoms with van der Waals surface area (Å²) in [7, 11) is 0. The molecule has 0 aliphatic carbocycles. The Balaban J connectivity index is 2.30. The van der Waals surface area contributed by atoms with Crippen LogP contribution in [0.5, 0.6) is 0 Å². The quantitative estimate of drug-likeness (QED) is 0.508. The predicted octanol–water partition coefficient (Wildman–Crippen LogP) is 3.15. The molecule has 0 spiro atoms. The Morgan fingerprint density at radius 2 is 1.96 bits per heavy atom. The Morgan fingerprint density at radius 1 is 1.22 bits per heavy atom. The van der Waals surface area contributed by atoms with Gasteiger partial charge in [0.05, 0.1) is 13.2 Å². The SMILES string of the molecule is CCNC(=NCC(C)COCc1ccccc1)NCC(C)SC. The highest BCUT2D eigenvalue weighted by Gasteiger charge is 2.05. The van der Waals surface area contributed by atoms with Crippen LogP contribution in [0.3, 0.4) is 0 Å². The van der Waals surface area contributed by atoms with Crippen molar-refractivity contribution in [1.29, 1.82) is 0 Å². The van der Waals surface area contributed by atoms with Crippen LogP contribution in [0.25, 0.3) is 0 Å². The number of aliphatic imine (C=N–C) groups is 1. The first-order valence-electron chi connectivity index (χ1n) is 8.32. The molecule has 1 aromatic rings. The molecule has 0 saturated heterocycles. The molecular weight excluding hydrogens is 306 g/mol. The maximum atomic E-state index is 5.78. The molecule has 0 aliphatic heterocycles. The van der Waals surface area contributed by atoms with Crippen LogP contribution in [0.1, 0.15) is 26.3 Å². The lowest BCUT2D eigenvalue weighted by Gasteiger charge is -2.15. The smallest absolute Gasteiger partial charge is 0.191 e. The number of thioether (sulfide) groups is 1. The molecule has 0 bridgehead atoms. The molecule has 2 unspecified atom stereocenters. The van der Waals surface area contributed by atoms with Gasteiger partial charge in [0.1, 0.15) is 0 Å². The van der Waals surface area contributed by atoms with Gasteiger partial charge in [0.25, 0.3) is 0 Å². The van der Waals surface area contributed by atoms with E-state index in [4.69, 9.17) is 4.74 Å². The molecule has 0 fully saturated rings. The van der Waals surface area contributed by atoms with Crippen molar-refractivity contribution < 1.29 is 4.74 Å². The Hall–Kier alpha value is -1.20. The summed E-state index contributed by atoms with van der Waals surface area (Å²) in [4.78, 5) is 4.65. The van der Waals surface area contributed by atoms with E-state index in [1.54, 1.807) is 0 Å². The van der Waals surface area contributed by atoms with Crippen LogP contribution in [0.4, 0.5) is 0 Å². The number of ether oxygens (including phenoxy) is 1. The first-order chi connectivity index (χ1) is 11.2. The monoisotopic (exact) mass is 337 g/mol. The topological polar surface area (TPSA) is 45.7 Å². The van der Waals surface area contributed by atoms with Crippen molar-refractivity contribution in [3.63, 3.8) is 0 Å². The zero-order chi connectivity index (χ0) is 16.9. The second-order valence-electron chi connectivity index (χ2n) is 5.75. The lowest BCUT2D eigenvalue weighted by Crippen LogP contribution is -2.40. The van der Waals surface area contributed by atoms with Crippen LogP contribution in [0.2, 0.25) is 0 Å². The molecule has 2 N–H and O–H groups in total. The van der Waals surface area contributed by atoms with E-state index >= 15 is 0 Å². The molecule has 130 valence electrons. The van der Waals surface area contributed by atoms with Gasteiger partial charge in [-0.2, -0.15) is 11.8 Å². The molecule has 23 heavy (non-hydrogen) atoms. The number of hydrogen-bond donors (Lipinski definition) is 2. The summed E-state index contributed by atoms with van der Waals surface area (Å²) < 4.78 is 5.78. The lowest BCUT2D eigenvalue weighted by molar-refractivity contribution is 0.0945. The van der Waals surface area contributed by atoms with Crippen LogP contribution < -0.4 is 10.6 Å². The van der Waals surface area contributed by atoms with Gasteiger partial charge in [-0.15, -0.1) is 0 Å². The normalized spacial score (nSPS) is 14.3. The van der Waals surface area contributed by atoms with Crippen LogP contribution in [0.15, 0.2) is 35.3 Å². The third-order valence-corrected chi connectivity index (χ3v) is 4.35. The average Bonchev–Trinajstić information content (AvgIpc) is 2.58. The van der Waals surface area contributed by atoms with Gasteiger partial charge in [-0.25, -0.2) is 0 Å². The minimum Gasteiger partial charge on any atom is -0.376 e. The summed E-state index contributed by atoms with van der Waals surface area (Å²) in [5, 5.41) is 7.25. The molecule has 0 radical (unpaired) electrons. The van der Waals surface area contributed by atoms with E-state index in [-0.39, 0.29) is 0 Å². The fourth-order valence-corrected chi connectivity index (χ4v) is 2.17. The van der Waals surface area contributed by atoms with Gasteiger partial charge in [-0.3, -0.25) is 4.99 Å². The summed E-state index contributed by atoms with van der Waals surface area (Å²) in [6, 6.07) is 10.3. The van der Waals surface area contributed by atoms with Crippen LogP contribution >= 0.6 is 11.8 Å². The van der Waals surface area contributed by atoms with Gasteiger partial charge in [0, 0.05) is 24.9 Å². The maximum absolute atomic E-state index is 5.78. The van der Waals surface area contributed by atoms with E-state index in [0.717, 1.165) is 32.2 Å². The highest BCUT2D eigenvalue weighted by Crippen LogP contribution is 2.04. The maximum Gasteiger partial charge on any atom is 0.191 e. The molecule has 2 atom stereocenters. The number of nitrogens with zero attached hydrogens (tertiary/aromatic N) is 1.